The lowest BCUT2D eigenvalue weighted by Crippen LogP contribution is -2.20. The van der Waals surface area contributed by atoms with Crippen LogP contribution >= 0.6 is 0 Å². The molecule has 1 heterocycles. The van der Waals surface area contributed by atoms with Crippen molar-refractivity contribution >= 4 is 17.1 Å². The number of carbonyl (C=O) groups is 1. The van der Waals surface area contributed by atoms with Gasteiger partial charge in [0.05, 0.1) is 19.1 Å². The monoisotopic (exact) mass is 462 g/mol. The molecule has 176 valence electrons. The highest BCUT2D eigenvalue weighted by Gasteiger charge is 2.25. The second-order valence-corrected chi connectivity index (χ2v) is 7.77. The number of carbonyl (C=O) groups excluding carboxylic acids is 1. The lowest BCUT2D eigenvalue weighted by atomic mass is 9.91. The normalized spacial score (nSPS) is 11.9. The van der Waals surface area contributed by atoms with Crippen LogP contribution in [0, 0.1) is 5.82 Å². The highest BCUT2D eigenvalue weighted by Crippen LogP contribution is 2.26. The largest absolute Gasteiger partial charge is 0.492 e. The van der Waals surface area contributed by atoms with Gasteiger partial charge in [-0.2, -0.15) is 0 Å². The van der Waals surface area contributed by atoms with E-state index in [0.717, 1.165) is 16.7 Å². The minimum atomic E-state index is -0.705. The molecule has 0 saturated carbocycles. The molecule has 4 rings (SSSR count). The van der Waals surface area contributed by atoms with Gasteiger partial charge in [-0.3, -0.25) is 4.79 Å². The Balaban J connectivity index is 1.27. The van der Waals surface area contributed by atoms with Crippen LogP contribution in [-0.2, 0) is 22.5 Å². The first-order chi connectivity index (χ1) is 16.6. The lowest BCUT2D eigenvalue weighted by Gasteiger charge is -2.17. The second-order valence-electron chi connectivity index (χ2n) is 7.77. The summed E-state index contributed by atoms with van der Waals surface area (Å²) in [5.41, 5.74) is 2.85. The zero-order chi connectivity index (χ0) is 23.8. The standard InChI is InChI=1S/C27H27FN2O4/c1-2-32-27(31)22(21-7-3-4-8-23(21)28)17-19-11-13-20(14-12-19)33-16-15-29-18-26-30-24-9-5-6-10-25(24)34-26/h3-14,22,29H,2,15-18H2,1H3. The molecule has 34 heavy (non-hydrogen) atoms. The van der Waals surface area contributed by atoms with Gasteiger partial charge in [0, 0.05) is 12.1 Å². The van der Waals surface area contributed by atoms with Crippen LogP contribution in [0.4, 0.5) is 4.39 Å². The summed E-state index contributed by atoms with van der Waals surface area (Å²) in [4.78, 5) is 16.9. The molecule has 6 nitrogen and oxygen atoms in total. The highest BCUT2D eigenvalue weighted by molar-refractivity contribution is 5.78. The van der Waals surface area contributed by atoms with E-state index in [2.05, 4.69) is 10.3 Å². The summed E-state index contributed by atoms with van der Waals surface area (Å²) < 4.78 is 31.0. The molecule has 3 aromatic carbocycles. The molecule has 0 saturated heterocycles. The first kappa shape index (κ1) is 23.4. The molecule has 0 aliphatic carbocycles. The number of benzene rings is 3. The quantitative estimate of drug-likeness (QED) is 0.249. The number of oxazole rings is 1. The zero-order valence-corrected chi connectivity index (χ0v) is 19.0. The molecule has 0 bridgehead atoms. The van der Waals surface area contributed by atoms with Crippen molar-refractivity contribution in [1.82, 2.24) is 10.3 Å². The fourth-order valence-corrected chi connectivity index (χ4v) is 3.71. The number of ether oxygens (including phenoxy) is 2. The molecule has 0 fully saturated rings. The van der Waals surface area contributed by atoms with Crippen molar-refractivity contribution in [3.05, 3.63) is 95.6 Å². The average Bonchev–Trinajstić information content (AvgIpc) is 3.27. The Morgan fingerprint density at radius 2 is 1.82 bits per heavy atom. The maximum absolute atomic E-state index is 14.3. The summed E-state index contributed by atoms with van der Waals surface area (Å²) in [5.74, 6) is -0.199. The maximum atomic E-state index is 14.3. The fraction of sp³-hybridized carbons (Fsp3) is 0.259. The van der Waals surface area contributed by atoms with Crippen molar-refractivity contribution in [2.45, 2.75) is 25.8 Å². The number of hydrogen-bond donors (Lipinski definition) is 1. The molecule has 0 spiro atoms. The predicted octanol–water partition coefficient (Wildman–Crippen LogP) is 5.02. The van der Waals surface area contributed by atoms with Crippen LogP contribution in [0.15, 0.2) is 77.2 Å². The van der Waals surface area contributed by atoms with Gasteiger partial charge in [0.1, 0.15) is 23.7 Å². The van der Waals surface area contributed by atoms with E-state index in [1.54, 1.807) is 25.1 Å². The van der Waals surface area contributed by atoms with Crippen molar-refractivity contribution in [1.29, 1.82) is 0 Å². The van der Waals surface area contributed by atoms with E-state index in [1.807, 2.05) is 48.5 Å². The third-order valence-electron chi connectivity index (χ3n) is 5.38. The number of rotatable bonds is 11. The Morgan fingerprint density at radius 3 is 2.59 bits per heavy atom. The average molecular weight is 463 g/mol. The fourth-order valence-electron chi connectivity index (χ4n) is 3.71. The molecule has 1 N–H and O–H groups in total. The molecular formula is C27H27FN2O4. The van der Waals surface area contributed by atoms with Crippen molar-refractivity contribution < 1.29 is 23.1 Å². The van der Waals surface area contributed by atoms with Gasteiger partial charge in [0.15, 0.2) is 5.58 Å². The Bertz CT molecular complexity index is 1190. The number of nitrogens with one attached hydrogen (secondary N) is 1. The Morgan fingerprint density at radius 1 is 1.06 bits per heavy atom. The van der Waals surface area contributed by atoms with Crippen molar-refractivity contribution in [3.8, 4) is 5.75 Å². The topological polar surface area (TPSA) is 73.6 Å². The molecular weight excluding hydrogens is 435 g/mol. The molecule has 0 radical (unpaired) electrons. The van der Waals surface area contributed by atoms with Crippen LogP contribution in [0.1, 0.15) is 29.9 Å². The van der Waals surface area contributed by atoms with E-state index in [-0.39, 0.29) is 6.61 Å². The van der Waals surface area contributed by atoms with Gasteiger partial charge in [-0.05, 0) is 49.2 Å². The Hall–Kier alpha value is -3.71. The second kappa shape index (κ2) is 11.4. The molecule has 7 heteroatoms. The zero-order valence-electron chi connectivity index (χ0n) is 19.0. The van der Waals surface area contributed by atoms with E-state index in [0.29, 0.717) is 43.3 Å². The van der Waals surface area contributed by atoms with E-state index in [9.17, 15) is 9.18 Å². The minimum absolute atomic E-state index is 0.247. The molecule has 0 amide bonds. The van der Waals surface area contributed by atoms with Crippen LogP contribution in [-0.4, -0.2) is 30.7 Å². The van der Waals surface area contributed by atoms with Gasteiger partial charge >= 0.3 is 5.97 Å². The number of fused-ring (bicyclic) bond motifs is 1. The van der Waals surface area contributed by atoms with E-state index >= 15 is 0 Å². The highest BCUT2D eigenvalue weighted by atomic mass is 19.1. The summed E-state index contributed by atoms with van der Waals surface area (Å²) in [6.07, 6.45) is 0.339. The summed E-state index contributed by atoms with van der Waals surface area (Å²) in [6.45, 7) is 3.60. The third kappa shape index (κ3) is 5.99. The van der Waals surface area contributed by atoms with Gasteiger partial charge in [-0.15, -0.1) is 0 Å². The number of esters is 1. The number of aromatic nitrogens is 1. The third-order valence-corrected chi connectivity index (χ3v) is 5.38. The molecule has 0 aliphatic rings. The Kier molecular flexibility index (Phi) is 7.88. The molecule has 4 aromatic rings. The Labute approximate surface area is 197 Å². The van der Waals surface area contributed by atoms with Crippen LogP contribution in [0.2, 0.25) is 0 Å². The van der Waals surface area contributed by atoms with Crippen LogP contribution in [0.3, 0.4) is 0 Å². The minimum Gasteiger partial charge on any atom is -0.492 e. The lowest BCUT2D eigenvalue weighted by molar-refractivity contribution is -0.145. The van der Waals surface area contributed by atoms with Crippen LogP contribution in [0.5, 0.6) is 5.75 Å². The first-order valence-corrected chi connectivity index (χ1v) is 11.3. The van der Waals surface area contributed by atoms with E-state index in [1.165, 1.54) is 6.07 Å². The molecule has 1 unspecified atom stereocenters. The summed E-state index contributed by atoms with van der Waals surface area (Å²) >= 11 is 0. The van der Waals surface area contributed by atoms with Crippen molar-refractivity contribution in [3.63, 3.8) is 0 Å². The molecule has 1 aromatic heterocycles. The predicted molar refractivity (Wildman–Crippen MR) is 127 cm³/mol. The number of nitrogens with zero attached hydrogens (tertiary/aromatic N) is 1. The van der Waals surface area contributed by atoms with Crippen molar-refractivity contribution in [2.75, 3.05) is 19.8 Å². The van der Waals surface area contributed by atoms with Crippen LogP contribution < -0.4 is 10.1 Å². The van der Waals surface area contributed by atoms with Gasteiger partial charge in [0.2, 0.25) is 5.89 Å². The van der Waals surface area contributed by atoms with E-state index in [4.69, 9.17) is 13.9 Å². The SMILES string of the molecule is CCOC(=O)C(Cc1ccc(OCCNCc2nc3ccccc3o2)cc1)c1ccccc1F. The molecule has 0 aliphatic heterocycles. The van der Waals surface area contributed by atoms with Gasteiger partial charge in [-0.1, -0.05) is 42.5 Å². The first-order valence-electron chi connectivity index (χ1n) is 11.3. The van der Waals surface area contributed by atoms with Gasteiger partial charge < -0.3 is 19.2 Å². The van der Waals surface area contributed by atoms with Gasteiger partial charge in [-0.25, -0.2) is 9.37 Å². The number of halogens is 1. The maximum Gasteiger partial charge on any atom is 0.313 e. The summed E-state index contributed by atoms with van der Waals surface area (Å²) in [5, 5.41) is 3.25. The van der Waals surface area contributed by atoms with Crippen molar-refractivity contribution in [2.24, 2.45) is 0 Å². The number of para-hydroxylation sites is 2. The smallest absolute Gasteiger partial charge is 0.313 e. The molecule has 1 atom stereocenters. The summed E-state index contributed by atoms with van der Waals surface area (Å²) in [7, 11) is 0. The summed E-state index contributed by atoms with van der Waals surface area (Å²) in [6, 6.07) is 21.4. The van der Waals surface area contributed by atoms with Gasteiger partial charge in [0.25, 0.3) is 0 Å². The number of hydrogen-bond acceptors (Lipinski definition) is 6. The van der Waals surface area contributed by atoms with E-state index < -0.39 is 17.7 Å². The van der Waals surface area contributed by atoms with Crippen LogP contribution in [0.25, 0.3) is 11.1 Å².